The van der Waals surface area contributed by atoms with Crippen LogP contribution in [0.4, 0.5) is 9.18 Å². The van der Waals surface area contributed by atoms with E-state index in [1.54, 1.807) is 57.2 Å². The van der Waals surface area contributed by atoms with Gasteiger partial charge in [-0.2, -0.15) is 5.26 Å². The van der Waals surface area contributed by atoms with E-state index in [4.69, 9.17) is 10.5 Å². The molecule has 0 aromatic heterocycles. The highest BCUT2D eigenvalue weighted by Crippen LogP contribution is 2.43. The van der Waals surface area contributed by atoms with E-state index in [1.807, 2.05) is 6.07 Å². The average Bonchev–Trinajstić information content (AvgIpc) is 3.45. The SMILES string of the molecule is CC(C)(C)OC(=O)N1[C@@H]2CC[C@@H](C2)[C@H]1C(=O)NC(C#N)Cc1ccc(-c2cccc(C(N)=O)c2)cc1F. The van der Waals surface area contributed by atoms with E-state index in [0.717, 1.165) is 19.3 Å². The largest absolute Gasteiger partial charge is 0.444 e. The number of amides is 3. The Labute approximate surface area is 215 Å². The third kappa shape index (κ3) is 5.74. The van der Waals surface area contributed by atoms with Gasteiger partial charge >= 0.3 is 6.09 Å². The maximum absolute atomic E-state index is 15.0. The molecule has 1 heterocycles. The van der Waals surface area contributed by atoms with Crippen molar-refractivity contribution in [3.63, 3.8) is 0 Å². The summed E-state index contributed by atoms with van der Waals surface area (Å²) >= 11 is 0. The number of benzene rings is 2. The molecule has 1 saturated carbocycles. The lowest BCUT2D eigenvalue weighted by Gasteiger charge is -2.35. The lowest BCUT2D eigenvalue weighted by atomic mass is 9.96. The summed E-state index contributed by atoms with van der Waals surface area (Å²) in [5.41, 5.74) is 6.40. The Morgan fingerprint density at radius 1 is 1.19 bits per heavy atom. The van der Waals surface area contributed by atoms with E-state index >= 15 is 0 Å². The van der Waals surface area contributed by atoms with Crippen LogP contribution in [0.1, 0.15) is 56.0 Å². The molecular formula is C28H31FN4O4. The number of carbonyl (C=O) groups is 3. The molecule has 1 saturated heterocycles. The molecule has 1 aliphatic carbocycles. The van der Waals surface area contributed by atoms with Crippen molar-refractivity contribution >= 4 is 17.9 Å². The molecule has 0 spiro atoms. The lowest BCUT2D eigenvalue weighted by molar-refractivity contribution is -0.128. The molecule has 2 bridgehead atoms. The lowest BCUT2D eigenvalue weighted by Crippen LogP contribution is -2.55. The second-order valence-corrected chi connectivity index (χ2v) is 10.7. The Kier molecular flexibility index (Phi) is 7.21. The number of carbonyl (C=O) groups excluding carboxylic acids is 3. The number of nitrogens with two attached hydrogens (primary N) is 1. The first-order chi connectivity index (χ1) is 17.5. The summed E-state index contributed by atoms with van der Waals surface area (Å²) in [6.07, 6.45) is 1.79. The number of rotatable bonds is 6. The number of ether oxygens (including phenoxy) is 1. The smallest absolute Gasteiger partial charge is 0.411 e. The minimum Gasteiger partial charge on any atom is -0.444 e. The zero-order valence-electron chi connectivity index (χ0n) is 21.2. The molecule has 2 aliphatic rings. The fourth-order valence-corrected chi connectivity index (χ4v) is 5.25. The Bertz CT molecular complexity index is 1270. The van der Waals surface area contributed by atoms with Crippen LogP contribution in [0.2, 0.25) is 0 Å². The van der Waals surface area contributed by atoms with Crippen LogP contribution in [0, 0.1) is 23.1 Å². The third-order valence-corrected chi connectivity index (χ3v) is 6.89. The van der Waals surface area contributed by atoms with Crippen molar-refractivity contribution in [1.29, 1.82) is 5.26 Å². The number of hydrogen-bond donors (Lipinski definition) is 2. The Morgan fingerprint density at radius 3 is 2.57 bits per heavy atom. The minimum absolute atomic E-state index is 0.00375. The fraction of sp³-hybridized carbons (Fsp3) is 0.429. The van der Waals surface area contributed by atoms with Gasteiger partial charge < -0.3 is 15.8 Å². The second-order valence-electron chi connectivity index (χ2n) is 10.7. The number of likely N-dealkylation sites (tertiary alicyclic amines) is 1. The van der Waals surface area contributed by atoms with Gasteiger partial charge in [-0.3, -0.25) is 14.5 Å². The quantitative estimate of drug-likeness (QED) is 0.614. The molecule has 4 atom stereocenters. The normalized spacial score (nSPS) is 21.3. The van der Waals surface area contributed by atoms with Crippen LogP contribution in [0.25, 0.3) is 11.1 Å². The predicted octanol–water partition coefficient (Wildman–Crippen LogP) is 3.93. The van der Waals surface area contributed by atoms with Gasteiger partial charge in [-0.1, -0.05) is 24.3 Å². The van der Waals surface area contributed by atoms with Gasteiger partial charge in [-0.05, 0) is 80.8 Å². The molecule has 2 aromatic carbocycles. The van der Waals surface area contributed by atoms with Gasteiger partial charge in [0.05, 0.1) is 6.07 Å². The number of fused-ring (bicyclic) bond motifs is 2. The highest BCUT2D eigenvalue weighted by Gasteiger charge is 2.52. The van der Waals surface area contributed by atoms with Gasteiger partial charge in [-0.15, -0.1) is 0 Å². The molecule has 2 aromatic rings. The van der Waals surface area contributed by atoms with Crippen molar-refractivity contribution < 1.29 is 23.5 Å². The van der Waals surface area contributed by atoms with Crippen LogP contribution in [0.15, 0.2) is 42.5 Å². The monoisotopic (exact) mass is 506 g/mol. The zero-order chi connectivity index (χ0) is 26.9. The summed E-state index contributed by atoms with van der Waals surface area (Å²) in [6.45, 7) is 5.32. The number of primary amides is 1. The highest BCUT2D eigenvalue weighted by atomic mass is 19.1. The standard InChI is InChI=1S/C28H31FN4O4/c1-28(2,3)37-27(36)33-22-10-9-19(13-22)24(33)26(35)32-21(15-30)12-18-8-7-17(14-23(18)29)16-5-4-6-20(11-16)25(31)34/h4-8,11,14,19,21-22,24H,9-10,12-13H2,1-3H3,(H2,31,34)(H,32,35)/t19-,21?,22+,24-/m0/s1. The highest BCUT2D eigenvalue weighted by molar-refractivity contribution is 5.94. The molecule has 8 nitrogen and oxygen atoms in total. The molecule has 1 aliphatic heterocycles. The fourth-order valence-electron chi connectivity index (χ4n) is 5.25. The van der Waals surface area contributed by atoms with Gasteiger partial charge in [0, 0.05) is 18.0 Å². The van der Waals surface area contributed by atoms with Crippen LogP contribution in [0.3, 0.4) is 0 Å². The van der Waals surface area contributed by atoms with E-state index in [2.05, 4.69) is 5.32 Å². The number of piperidine rings is 1. The van der Waals surface area contributed by atoms with Crippen molar-refractivity contribution in [2.75, 3.05) is 0 Å². The number of nitrogens with one attached hydrogen (secondary N) is 1. The summed E-state index contributed by atoms with van der Waals surface area (Å²) < 4.78 is 20.5. The van der Waals surface area contributed by atoms with Crippen molar-refractivity contribution in [1.82, 2.24) is 10.2 Å². The summed E-state index contributed by atoms with van der Waals surface area (Å²) in [5, 5.41) is 12.4. The van der Waals surface area contributed by atoms with Gasteiger partial charge in [0.2, 0.25) is 11.8 Å². The Balaban J connectivity index is 1.46. The second kappa shape index (κ2) is 10.2. The van der Waals surface area contributed by atoms with Crippen molar-refractivity contribution in [3.8, 4) is 17.2 Å². The molecule has 1 unspecified atom stereocenters. The van der Waals surface area contributed by atoms with Crippen molar-refractivity contribution in [2.45, 2.75) is 70.2 Å². The number of hydrogen-bond acceptors (Lipinski definition) is 5. The molecule has 2 fully saturated rings. The maximum atomic E-state index is 15.0. The van der Waals surface area contributed by atoms with E-state index in [9.17, 15) is 24.0 Å². The van der Waals surface area contributed by atoms with Crippen LogP contribution < -0.4 is 11.1 Å². The Hall–Kier alpha value is -3.93. The molecule has 37 heavy (non-hydrogen) atoms. The molecule has 194 valence electrons. The maximum Gasteiger partial charge on any atom is 0.411 e. The summed E-state index contributed by atoms with van der Waals surface area (Å²) in [5.74, 6) is -1.53. The van der Waals surface area contributed by atoms with Gasteiger partial charge in [-0.25, -0.2) is 9.18 Å². The van der Waals surface area contributed by atoms with E-state index in [-0.39, 0.29) is 23.9 Å². The topological polar surface area (TPSA) is 126 Å². The van der Waals surface area contributed by atoms with Crippen molar-refractivity contribution in [2.24, 2.45) is 11.7 Å². The van der Waals surface area contributed by atoms with E-state index in [0.29, 0.717) is 16.7 Å². The van der Waals surface area contributed by atoms with Crippen LogP contribution in [0.5, 0.6) is 0 Å². The first kappa shape index (κ1) is 26.1. The molecule has 3 amide bonds. The van der Waals surface area contributed by atoms with Gasteiger partial charge in [0.15, 0.2) is 0 Å². The zero-order valence-corrected chi connectivity index (χ0v) is 21.2. The Morgan fingerprint density at radius 2 is 1.92 bits per heavy atom. The predicted molar refractivity (Wildman–Crippen MR) is 135 cm³/mol. The minimum atomic E-state index is -0.981. The molecule has 0 radical (unpaired) electrons. The average molecular weight is 507 g/mol. The van der Waals surface area contributed by atoms with Crippen LogP contribution >= 0.6 is 0 Å². The molecule has 9 heteroatoms. The number of nitrogens with zero attached hydrogens (tertiary/aromatic N) is 2. The van der Waals surface area contributed by atoms with Gasteiger partial charge in [0.25, 0.3) is 0 Å². The van der Waals surface area contributed by atoms with Crippen molar-refractivity contribution in [3.05, 3.63) is 59.4 Å². The number of halogens is 1. The molecule has 3 N–H and O–H groups in total. The summed E-state index contributed by atoms with van der Waals surface area (Å²) in [4.78, 5) is 39.1. The summed E-state index contributed by atoms with van der Waals surface area (Å²) in [6, 6.07) is 11.4. The molecular weight excluding hydrogens is 475 g/mol. The van der Waals surface area contributed by atoms with Crippen LogP contribution in [-0.4, -0.2) is 46.5 Å². The summed E-state index contributed by atoms with van der Waals surface area (Å²) in [7, 11) is 0. The van der Waals surface area contributed by atoms with Gasteiger partial charge in [0.1, 0.15) is 23.5 Å². The first-order valence-electron chi connectivity index (χ1n) is 12.4. The van der Waals surface area contributed by atoms with Crippen LogP contribution in [-0.2, 0) is 16.0 Å². The first-order valence-corrected chi connectivity index (χ1v) is 12.4. The molecule has 4 rings (SSSR count). The number of nitriles is 1. The van der Waals surface area contributed by atoms with E-state index < -0.39 is 41.4 Å². The third-order valence-electron chi connectivity index (χ3n) is 6.89. The van der Waals surface area contributed by atoms with E-state index in [1.165, 1.54) is 11.0 Å².